The molecule has 0 bridgehead atoms. The van der Waals surface area contributed by atoms with Crippen LogP contribution in [0.5, 0.6) is 5.75 Å². The average molecular weight is 373 g/mol. The molecule has 0 saturated carbocycles. The molecule has 0 aliphatic heterocycles. The Morgan fingerprint density at radius 2 is 1.39 bits per heavy atom. The maximum Gasteiger partial charge on any atom is 0.261 e. The monoisotopic (exact) mass is 373 g/mol. The van der Waals surface area contributed by atoms with Crippen LogP contribution in [0.25, 0.3) is 0 Å². The van der Waals surface area contributed by atoms with Crippen LogP contribution in [0.15, 0.2) is 72.8 Å². The van der Waals surface area contributed by atoms with Gasteiger partial charge in [-0.05, 0) is 61.6 Å². The van der Waals surface area contributed by atoms with E-state index in [9.17, 15) is 4.79 Å². The van der Waals surface area contributed by atoms with Crippen LogP contribution >= 0.6 is 0 Å². The molecule has 0 fully saturated rings. The number of ether oxygens (including phenoxy) is 1. The van der Waals surface area contributed by atoms with Crippen molar-refractivity contribution in [3.05, 3.63) is 101 Å². The first-order chi connectivity index (χ1) is 13.5. The van der Waals surface area contributed by atoms with Gasteiger partial charge in [0.25, 0.3) is 5.91 Å². The van der Waals surface area contributed by atoms with E-state index in [1.165, 1.54) is 0 Å². The topological polar surface area (TPSA) is 38.3 Å². The number of carbonyl (C=O) groups is 1. The van der Waals surface area contributed by atoms with Crippen LogP contribution < -0.4 is 10.1 Å². The first-order valence-corrected chi connectivity index (χ1v) is 9.60. The molecule has 0 saturated heterocycles. The van der Waals surface area contributed by atoms with Crippen LogP contribution in [0, 0.1) is 20.8 Å². The Morgan fingerprint density at radius 3 is 1.93 bits per heavy atom. The maximum atomic E-state index is 12.9. The molecule has 1 amide bonds. The van der Waals surface area contributed by atoms with Gasteiger partial charge in [0.15, 0.2) is 6.10 Å². The van der Waals surface area contributed by atoms with Crippen molar-refractivity contribution in [2.24, 2.45) is 0 Å². The summed E-state index contributed by atoms with van der Waals surface area (Å²) in [6.07, 6.45) is -0.602. The second-order valence-corrected chi connectivity index (χ2v) is 7.23. The molecule has 3 heteroatoms. The molecule has 3 nitrogen and oxygen atoms in total. The Kier molecular flexibility index (Phi) is 6.15. The van der Waals surface area contributed by atoms with E-state index in [2.05, 4.69) is 18.3 Å². The van der Waals surface area contributed by atoms with Crippen molar-refractivity contribution in [1.29, 1.82) is 0 Å². The van der Waals surface area contributed by atoms with E-state index in [0.717, 1.165) is 33.6 Å². The predicted octanol–water partition coefficient (Wildman–Crippen LogP) is 5.28. The highest BCUT2D eigenvalue weighted by atomic mass is 16.5. The first-order valence-electron chi connectivity index (χ1n) is 9.60. The lowest BCUT2D eigenvalue weighted by Crippen LogP contribution is -2.39. The number of hydrogen-bond donors (Lipinski definition) is 1. The standard InChI is InChI=1S/C25H27NO2/c1-17-15-18(2)19(3)23(16-17)28-20(4)25(27)26-24(21-11-7-5-8-12-21)22-13-9-6-10-14-22/h5-16,20,24H,1-4H3,(H,26,27)/t20-/m1/s1. The summed E-state index contributed by atoms with van der Waals surface area (Å²) in [6, 6.07) is 23.9. The number of aryl methyl sites for hydroxylation is 2. The number of amides is 1. The van der Waals surface area contributed by atoms with Gasteiger partial charge in [-0.3, -0.25) is 4.79 Å². The molecule has 0 radical (unpaired) electrons. The number of rotatable bonds is 6. The van der Waals surface area contributed by atoms with Crippen LogP contribution in [0.1, 0.15) is 40.8 Å². The summed E-state index contributed by atoms with van der Waals surface area (Å²) in [5.74, 6) is 0.618. The van der Waals surface area contributed by atoms with E-state index in [1.807, 2.05) is 80.6 Å². The highest BCUT2D eigenvalue weighted by Gasteiger charge is 2.22. The van der Waals surface area contributed by atoms with Crippen molar-refractivity contribution in [2.75, 3.05) is 0 Å². The second kappa shape index (κ2) is 8.75. The Morgan fingerprint density at radius 1 is 0.857 bits per heavy atom. The predicted molar refractivity (Wildman–Crippen MR) is 114 cm³/mol. The minimum absolute atomic E-state index is 0.142. The number of carbonyl (C=O) groups excluding carboxylic acids is 1. The van der Waals surface area contributed by atoms with E-state index in [0.29, 0.717) is 0 Å². The van der Waals surface area contributed by atoms with Crippen molar-refractivity contribution < 1.29 is 9.53 Å². The van der Waals surface area contributed by atoms with Gasteiger partial charge in [-0.1, -0.05) is 66.7 Å². The number of hydrogen-bond acceptors (Lipinski definition) is 2. The highest BCUT2D eigenvalue weighted by molar-refractivity contribution is 5.81. The normalized spacial score (nSPS) is 11.9. The van der Waals surface area contributed by atoms with Gasteiger partial charge in [-0.2, -0.15) is 0 Å². The molecule has 0 heterocycles. The SMILES string of the molecule is Cc1cc(C)c(C)c(O[C@H](C)C(=O)NC(c2ccccc2)c2ccccc2)c1. The fourth-order valence-corrected chi connectivity index (χ4v) is 3.28. The van der Waals surface area contributed by atoms with Gasteiger partial charge in [-0.15, -0.1) is 0 Å². The molecule has 0 aromatic heterocycles. The molecule has 3 aromatic rings. The van der Waals surface area contributed by atoms with Crippen LogP contribution in [0.2, 0.25) is 0 Å². The minimum Gasteiger partial charge on any atom is -0.481 e. The molecule has 1 atom stereocenters. The first kappa shape index (κ1) is 19.7. The smallest absolute Gasteiger partial charge is 0.261 e. The van der Waals surface area contributed by atoms with Crippen molar-refractivity contribution in [3.63, 3.8) is 0 Å². The minimum atomic E-state index is -0.602. The van der Waals surface area contributed by atoms with Gasteiger partial charge in [-0.25, -0.2) is 0 Å². The molecule has 28 heavy (non-hydrogen) atoms. The highest BCUT2D eigenvalue weighted by Crippen LogP contribution is 2.25. The summed E-state index contributed by atoms with van der Waals surface area (Å²) in [6.45, 7) is 7.90. The van der Waals surface area contributed by atoms with E-state index in [-0.39, 0.29) is 11.9 Å². The zero-order valence-corrected chi connectivity index (χ0v) is 16.9. The summed E-state index contributed by atoms with van der Waals surface area (Å²) in [4.78, 5) is 12.9. The summed E-state index contributed by atoms with van der Waals surface area (Å²) in [5.41, 5.74) is 5.42. The summed E-state index contributed by atoms with van der Waals surface area (Å²) < 4.78 is 6.03. The third-order valence-corrected chi connectivity index (χ3v) is 4.99. The van der Waals surface area contributed by atoms with E-state index in [1.54, 1.807) is 6.92 Å². The Hall–Kier alpha value is -3.07. The third-order valence-electron chi connectivity index (χ3n) is 4.99. The van der Waals surface area contributed by atoms with E-state index >= 15 is 0 Å². The molecule has 3 rings (SSSR count). The Bertz CT molecular complexity index is 896. The largest absolute Gasteiger partial charge is 0.481 e. The van der Waals surface area contributed by atoms with Crippen molar-refractivity contribution in [3.8, 4) is 5.75 Å². The van der Waals surface area contributed by atoms with Gasteiger partial charge in [0.2, 0.25) is 0 Å². The molecule has 1 N–H and O–H groups in total. The van der Waals surface area contributed by atoms with Gasteiger partial charge in [0.1, 0.15) is 5.75 Å². The van der Waals surface area contributed by atoms with Crippen LogP contribution in [-0.4, -0.2) is 12.0 Å². The summed E-state index contributed by atoms with van der Waals surface area (Å²) in [5, 5.41) is 3.15. The van der Waals surface area contributed by atoms with Gasteiger partial charge >= 0.3 is 0 Å². The second-order valence-electron chi connectivity index (χ2n) is 7.23. The van der Waals surface area contributed by atoms with E-state index in [4.69, 9.17) is 4.74 Å². The summed E-state index contributed by atoms with van der Waals surface area (Å²) in [7, 11) is 0. The van der Waals surface area contributed by atoms with Crippen LogP contribution in [-0.2, 0) is 4.79 Å². The fourth-order valence-electron chi connectivity index (χ4n) is 3.28. The number of nitrogens with one attached hydrogen (secondary N) is 1. The average Bonchev–Trinajstić information content (AvgIpc) is 2.71. The Labute approximate surface area is 167 Å². The van der Waals surface area contributed by atoms with Crippen molar-refractivity contribution >= 4 is 5.91 Å². The van der Waals surface area contributed by atoms with E-state index < -0.39 is 6.10 Å². The van der Waals surface area contributed by atoms with Crippen LogP contribution in [0.3, 0.4) is 0 Å². The quantitative estimate of drug-likeness (QED) is 0.638. The Balaban J connectivity index is 1.80. The lowest BCUT2D eigenvalue weighted by molar-refractivity contribution is -0.127. The molecular weight excluding hydrogens is 346 g/mol. The molecular formula is C25H27NO2. The molecule has 0 aliphatic rings. The lowest BCUT2D eigenvalue weighted by Gasteiger charge is -2.23. The molecule has 0 unspecified atom stereocenters. The lowest BCUT2D eigenvalue weighted by atomic mass is 9.98. The maximum absolute atomic E-state index is 12.9. The third kappa shape index (κ3) is 4.61. The molecule has 0 spiro atoms. The van der Waals surface area contributed by atoms with Gasteiger partial charge in [0.05, 0.1) is 6.04 Å². The number of benzene rings is 3. The van der Waals surface area contributed by atoms with Crippen LogP contribution in [0.4, 0.5) is 0 Å². The summed E-state index contributed by atoms with van der Waals surface area (Å²) >= 11 is 0. The fraction of sp³-hybridized carbons (Fsp3) is 0.240. The molecule has 0 aliphatic carbocycles. The van der Waals surface area contributed by atoms with Crippen molar-refractivity contribution in [1.82, 2.24) is 5.32 Å². The molecule has 144 valence electrons. The molecule has 3 aromatic carbocycles. The zero-order chi connectivity index (χ0) is 20.1. The van der Waals surface area contributed by atoms with Crippen molar-refractivity contribution in [2.45, 2.75) is 39.8 Å². The zero-order valence-electron chi connectivity index (χ0n) is 16.9. The van der Waals surface area contributed by atoms with Gasteiger partial charge in [0, 0.05) is 0 Å². The van der Waals surface area contributed by atoms with Gasteiger partial charge < -0.3 is 10.1 Å².